The second-order valence-corrected chi connectivity index (χ2v) is 7.38. The highest BCUT2D eigenvalue weighted by Gasteiger charge is 2.15. The smallest absolute Gasteiger partial charge is 0.119 e. The Labute approximate surface area is 159 Å². The second-order valence-electron chi connectivity index (χ2n) is 6.30. The van der Waals surface area contributed by atoms with E-state index in [-0.39, 0.29) is 0 Å². The Balaban J connectivity index is 1.64. The van der Waals surface area contributed by atoms with E-state index in [1.54, 1.807) is 17.5 Å². The minimum absolute atomic E-state index is 0.809. The van der Waals surface area contributed by atoms with Crippen molar-refractivity contribution in [2.24, 2.45) is 0 Å². The molecule has 5 aromatic rings. The molecule has 0 fully saturated rings. The van der Waals surface area contributed by atoms with Gasteiger partial charge in [-0.1, -0.05) is 30.3 Å². The summed E-state index contributed by atoms with van der Waals surface area (Å²) < 4.78 is 0. The van der Waals surface area contributed by atoms with Crippen LogP contribution in [0, 0.1) is 6.92 Å². The van der Waals surface area contributed by atoms with Gasteiger partial charge in [0.2, 0.25) is 0 Å². The lowest BCUT2D eigenvalue weighted by atomic mass is 10.1. The summed E-state index contributed by atoms with van der Waals surface area (Å²) in [5.74, 6) is 0. The van der Waals surface area contributed by atoms with Crippen molar-refractivity contribution in [2.45, 2.75) is 6.92 Å². The van der Waals surface area contributed by atoms with Crippen molar-refractivity contribution in [2.75, 3.05) is 0 Å². The third-order valence-electron chi connectivity index (χ3n) is 4.45. The molecular formula is C21H15N5S. The molecule has 6 heteroatoms. The molecule has 0 aliphatic rings. The van der Waals surface area contributed by atoms with Gasteiger partial charge in [-0.15, -0.1) is 21.5 Å². The summed E-state index contributed by atoms with van der Waals surface area (Å²) >= 11 is 1.68. The summed E-state index contributed by atoms with van der Waals surface area (Å²) in [6.07, 6.45) is 3.61. The van der Waals surface area contributed by atoms with Gasteiger partial charge in [-0.3, -0.25) is 10.1 Å². The average Bonchev–Trinajstić information content (AvgIpc) is 3.40. The molecule has 0 atom stereocenters. The molecule has 0 spiro atoms. The van der Waals surface area contributed by atoms with E-state index in [1.807, 2.05) is 31.3 Å². The largest absolute Gasteiger partial charge is 0.276 e. The molecular weight excluding hydrogens is 354 g/mol. The van der Waals surface area contributed by atoms with Crippen molar-refractivity contribution >= 4 is 22.1 Å². The van der Waals surface area contributed by atoms with Crippen LogP contribution >= 0.6 is 11.3 Å². The third kappa shape index (κ3) is 2.80. The molecule has 0 unspecified atom stereocenters. The number of hydrogen-bond donors (Lipinski definition) is 1. The number of H-pyrrole nitrogens is 1. The molecule has 130 valence electrons. The van der Waals surface area contributed by atoms with E-state index >= 15 is 0 Å². The van der Waals surface area contributed by atoms with Crippen LogP contribution in [-0.2, 0) is 0 Å². The van der Waals surface area contributed by atoms with Crippen molar-refractivity contribution in [3.8, 4) is 32.5 Å². The van der Waals surface area contributed by atoms with E-state index in [4.69, 9.17) is 0 Å². The molecule has 4 aromatic heterocycles. The van der Waals surface area contributed by atoms with Crippen LogP contribution in [0.3, 0.4) is 0 Å². The number of aromatic amines is 1. The summed E-state index contributed by atoms with van der Waals surface area (Å²) in [6, 6.07) is 18.4. The Morgan fingerprint density at radius 1 is 0.815 bits per heavy atom. The Morgan fingerprint density at radius 3 is 2.33 bits per heavy atom. The first-order chi connectivity index (χ1) is 13.3. The van der Waals surface area contributed by atoms with E-state index in [0.29, 0.717) is 0 Å². The maximum Gasteiger partial charge on any atom is 0.119 e. The fourth-order valence-electron chi connectivity index (χ4n) is 3.09. The summed E-state index contributed by atoms with van der Waals surface area (Å²) in [5.41, 5.74) is 4.69. The van der Waals surface area contributed by atoms with Crippen LogP contribution in [0.4, 0.5) is 0 Å². The number of nitrogens with one attached hydrogen (secondary N) is 1. The van der Waals surface area contributed by atoms with Gasteiger partial charge in [-0.05, 0) is 36.8 Å². The fraction of sp³-hybridized carbons (Fsp3) is 0.0476. The van der Waals surface area contributed by atoms with Gasteiger partial charge in [0.1, 0.15) is 11.4 Å². The van der Waals surface area contributed by atoms with E-state index in [9.17, 15) is 0 Å². The van der Waals surface area contributed by atoms with Gasteiger partial charge in [0.05, 0.1) is 21.1 Å². The van der Waals surface area contributed by atoms with Crippen LogP contribution in [0.1, 0.15) is 5.56 Å². The van der Waals surface area contributed by atoms with E-state index in [2.05, 4.69) is 61.8 Å². The highest BCUT2D eigenvalue weighted by Crippen LogP contribution is 2.37. The topological polar surface area (TPSA) is 67.3 Å². The fourth-order valence-corrected chi connectivity index (χ4v) is 4.07. The van der Waals surface area contributed by atoms with Crippen molar-refractivity contribution in [1.29, 1.82) is 0 Å². The van der Waals surface area contributed by atoms with Crippen molar-refractivity contribution in [3.63, 3.8) is 0 Å². The SMILES string of the molecule is Cc1ccc(-c2ccc(-c3nnc(-c4ccn[nH]4)c4ccccc34)s2)nc1. The zero-order valence-corrected chi connectivity index (χ0v) is 15.4. The Morgan fingerprint density at radius 2 is 1.59 bits per heavy atom. The van der Waals surface area contributed by atoms with Crippen LogP contribution in [0.5, 0.6) is 0 Å². The molecule has 27 heavy (non-hydrogen) atoms. The van der Waals surface area contributed by atoms with E-state index < -0.39 is 0 Å². The number of aromatic nitrogens is 5. The predicted molar refractivity (Wildman–Crippen MR) is 108 cm³/mol. The molecule has 0 saturated carbocycles. The number of benzene rings is 1. The zero-order chi connectivity index (χ0) is 18.2. The Hall–Kier alpha value is -3.38. The molecule has 0 aliphatic carbocycles. The lowest BCUT2D eigenvalue weighted by molar-refractivity contribution is 1.04. The third-order valence-corrected chi connectivity index (χ3v) is 5.56. The van der Waals surface area contributed by atoms with Gasteiger partial charge in [-0.2, -0.15) is 5.10 Å². The molecule has 0 radical (unpaired) electrons. The van der Waals surface area contributed by atoms with Gasteiger partial charge in [0, 0.05) is 23.2 Å². The molecule has 5 rings (SSSR count). The van der Waals surface area contributed by atoms with Crippen molar-refractivity contribution in [1.82, 2.24) is 25.4 Å². The summed E-state index contributed by atoms with van der Waals surface area (Å²) in [4.78, 5) is 6.72. The van der Waals surface area contributed by atoms with Crippen LogP contribution < -0.4 is 0 Å². The van der Waals surface area contributed by atoms with Crippen LogP contribution in [0.25, 0.3) is 43.3 Å². The molecule has 4 heterocycles. The van der Waals surface area contributed by atoms with Crippen LogP contribution in [0.2, 0.25) is 0 Å². The number of rotatable bonds is 3. The summed E-state index contributed by atoms with van der Waals surface area (Å²) in [7, 11) is 0. The number of aryl methyl sites for hydroxylation is 1. The number of pyridine rings is 1. The van der Waals surface area contributed by atoms with Crippen LogP contribution in [-0.4, -0.2) is 25.4 Å². The first kappa shape index (κ1) is 15.8. The number of thiophene rings is 1. The monoisotopic (exact) mass is 369 g/mol. The highest BCUT2D eigenvalue weighted by molar-refractivity contribution is 7.18. The maximum absolute atomic E-state index is 4.55. The molecule has 0 bridgehead atoms. The normalized spacial score (nSPS) is 11.1. The maximum atomic E-state index is 4.55. The number of nitrogens with zero attached hydrogens (tertiary/aromatic N) is 4. The predicted octanol–water partition coefficient (Wildman–Crippen LogP) is 5.12. The van der Waals surface area contributed by atoms with E-state index in [0.717, 1.165) is 48.9 Å². The van der Waals surface area contributed by atoms with Gasteiger partial charge >= 0.3 is 0 Å². The summed E-state index contributed by atoms with van der Waals surface area (Å²) in [6.45, 7) is 2.04. The Bertz CT molecular complexity index is 1220. The summed E-state index contributed by atoms with van der Waals surface area (Å²) in [5, 5.41) is 18.2. The quantitative estimate of drug-likeness (QED) is 0.479. The van der Waals surface area contributed by atoms with Gasteiger partial charge in [0.15, 0.2) is 0 Å². The minimum atomic E-state index is 0.809. The lowest BCUT2D eigenvalue weighted by Gasteiger charge is -2.07. The molecule has 1 N–H and O–H groups in total. The molecule has 0 aliphatic heterocycles. The van der Waals surface area contributed by atoms with Crippen molar-refractivity contribution in [3.05, 3.63) is 72.6 Å². The van der Waals surface area contributed by atoms with E-state index in [1.165, 1.54) is 0 Å². The minimum Gasteiger partial charge on any atom is -0.276 e. The van der Waals surface area contributed by atoms with Crippen LogP contribution in [0.15, 0.2) is 67.0 Å². The molecule has 0 amide bonds. The highest BCUT2D eigenvalue weighted by atomic mass is 32.1. The molecule has 1 aromatic carbocycles. The number of hydrogen-bond acceptors (Lipinski definition) is 5. The molecule has 0 saturated heterocycles. The van der Waals surface area contributed by atoms with Gasteiger partial charge in [-0.25, -0.2) is 0 Å². The lowest BCUT2D eigenvalue weighted by Crippen LogP contribution is -1.94. The van der Waals surface area contributed by atoms with Gasteiger partial charge in [0.25, 0.3) is 0 Å². The van der Waals surface area contributed by atoms with Gasteiger partial charge < -0.3 is 0 Å². The first-order valence-corrected chi connectivity index (χ1v) is 9.39. The first-order valence-electron chi connectivity index (χ1n) is 8.58. The molecule has 5 nitrogen and oxygen atoms in total. The number of fused-ring (bicyclic) bond motifs is 1. The zero-order valence-electron chi connectivity index (χ0n) is 14.5. The average molecular weight is 369 g/mol. The second kappa shape index (κ2) is 6.41. The standard InChI is InChI=1S/C21H15N5S/c1-13-6-7-16(22-12-13)18-8-9-19(27-18)21-15-5-3-2-4-14(15)20(25-26-21)17-10-11-23-24-17/h2-12H,1H3,(H,23,24). The van der Waals surface area contributed by atoms with Crippen molar-refractivity contribution < 1.29 is 0 Å². The Kier molecular flexibility index (Phi) is 3.76.